The van der Waals surface area contributed by atoms with E-state index in [0.29, 0.717) is 0 Å². The zero-order valence-electron chi connectivity index (χ0n) is 11.2. The molecule has 0 atom stereocenters. The number of hydrogen-bond acceptors (Lipinski definition) is 2. The third kappa shape index (κ3) is 3.58. The Labute approximate surface area is 103 Å². The molecule has 0 fully saturated rings. The van der Waals surface area contributed by atoms with Crippen molar-refractivity contribution in [3.05, 3.63) is 17.7 Å². The third-order valence-corrected chi connectivity index (χ3v) is 3.37. The Balaban J connectivity index is 2.34. The third-order valence-electron chi connectivity index (χ3n) is 3.37. The van der Waals surface area contributed by atoms with Crippen LogP contribution in [0.5, 0.6) is 0 Å². The number of rotatable bonds is 6. The van der Waals surface area contributed by atoms with Gasteiger partial charge in [0.1, 0.15) is 0 Å². The molecule has 1 aromatic rings. The van der Waals surface area contributed by atoms with E-state index in [0.717, 1.165) is 31.5 Å². The van der Waals surface area contributed by atoms with E-state index in [1.165, 1.54) is 5.69 Å². The van der Waals surface area contributed by atoms with Crippen LogP contribution in [0.25, 0.3) is 0 Å². The minimum Gasteiger partial charge on any atom is -0.481 e. The van der Waals surface area contributed by atoms with Crippen molar-refractivity contribution >= 4 is 5.97 Å². The van der Waals surface area contributed by atoms with Gasteiger partial charge in [-0.05, 0) is 40.5 Å². The fraction of sp³-hybridized carbons (Fsp3) is 0.692. The lowest BCUT2D eigenvalue weighted by Crippen LogP contribution is -2.23. The lowest BCUT2D eigenvalue weighted by atomic mass is 9.87. The van der Waals surface area contributed by atoms with E-state index >= 15 is 0 Å². The highest BCUT2D eigenvalue weighted by molar-refractivity contribution is 5.73. The summed E-state index contributed by atoms with van der Waals surface area (Å²) in [6.07, 6.45) is 4.49. The molecule has 0 saturated carbocycles. The zero-order valence-corrected chi connectivity index (χ0v) is 11.2. The van der Waals surface area contributed by atoms with E-state index in [-0.39, 0.29) is 0 Å². The van der Waals surface area contributed by atoms with Crippen LogP contribution in [0.15, 0.2) is 6.33 Å². The SMILES string of the molecule is Cc1ncn(CCCCC(C)(C)C(=O)O)c1C. The molecule has 0 unspecified atom stereocenters. The predicted octanol–water partition coefficient (Wildman–Crippen LogP) is 2.78. The van der Waals surface area contributed by atoms with Crippen LogP contribution in [-0.2, 0) is 11.3 Å². The van der Waals surface area contributed by atoms with Crippen molar-refractivity contribution in [1.82, 2.24) is 9.55 Å². The zero-order chi connectivity index (χ0) is 13.1. The van der Waals surface area contributed by atoms with Crippen LogP contribution >= 0.6 is 0 Å². The summed E-state index contributed by atoms with van der Waals surface area (Å²) in [6.45, 7) is 8.54. The molecule has 0 saturated heterocycles. The van der Waals surface area contributed by atoms with Gasteiger partial charge in [0.05, 0.1) is 17.4 Å². The molecule has 17 heavy (non-hydrogen) atoms. The van der Waals surface area contributed by atoms with Gasteiger partial charge in [-0.25, -0.2) is 4.98 Å². The smallest absolute Gasteiger partial charge is 0.309 e. The standard InChI is InChI=1S/C13H22N2O2/c1-10-11(2)15(9-14-10)8-6-5-7-13(3,4)12(16)17/h9H,5-8H2,1-4H3,(H,16,17). The van der Waals surface area contributed by atoms with Gasteiger partial charge in [-0.15, -0.1) is 0 Å². The first kappa shape index (κ1) is 13.7. The van der Waals surface area contributed by atoms with Crippen molar-refractivity contribution in [3.63, 3.8) is 0 Å². The number of aliphatic carboxylic acids is 1. The molecule has 0 aliphatic rings. The second kappa shape index (κ2) is 5.34. The lowest BCUT2D eigenvalue weighted by molar-refractivity contribution is -0.147. The van der Waals surface area contributed by atoms with Gasteiger partial charge in [0, 0.05) is 12.2 Å². The predicted molar refractivity (Wildman–Crippen MR) is 67.0 cm³/mol. The number of aromatic nitrogens is 2. The maximum atomic E-state index is 10.9. The summed E-state index contributed by atoms with van der Waals surface area (Å²) in [5.74, 6) is -0.716. The Kier molecular flexibility index (Phi) is 4.32. The number of unbranched alkanes of at least 4 members (excludes halogenated alkanes) is 1. The summed E-state index contributed by atoms with van der Waals surface area (Å²) in [5, 5.41) is 8.99. The number of carboxylic acids is 1. The largest absolute Gasteiger partial charge is 0.481 e. The van der Waals surface area contributed by atoms with E-state index in [1.807, 2.05) is 13.3 Å². The van der Waals surface area contributed by atoms with Gasteiger partial charge in [-0.1, -0.05) is 6.42 Å². The van der Waals surface area contributed by atoms with Crippen LogP contribution in [0.1, 0.15) is 44.5 Å². The Bertz CT molecular complexity index is 394. The summed E-state index contributed by atoms with van der Waals surface area (Å²) in [4.78, 5) is 15.2. The number of hydrogen-bond donors (Lipinski definition) is 1. The molecule has 0 bridgehead atoms. The molecular formula is C13H22N2O2. The summed E-state index contributed by atoms with van der Waals surface area (Å²) >= 11 is 0. The Hall–Kier alpha value is -1.32. The van der Waals surface area contributed by atoms with Crippen LogP contribution in [0, 0.1) is 19.3 Å². The number of imidazole rings is 1. The molecule has 0 amide bonds. The Morgan fingerprint density at radius 1 is 1.41 bits per heavy atom. The Morgan fingerprint density at radius 3 is 2.53 bits per heavy atom. The second-order valence-corrected chi connectivity index (χ2v) is 5.25. The van der Waals surface area contributed by atoms with Gasteiger partial charge < -0.3 is 9.67 Å². The van der Waals surface area contributed by atoms with Crippen LogP contribution in [0.2, 0.25) is 0 Å². The number of carboxylic acid groups (broad SMARTS) is 1. The molecule has 1 rings (SSSR count). The minimum absolute atomic E-state index is 0.611. The summed E-state index contributed by atoms with van der Waals surface area (Å²) in [6, 6.07) is 0. The topological polar surface area (TPSA) is 55.1 Å². The summed E-state index contributed by atoms with van der Waals surface area (Å²) in [7, 11) is 0. The fourth-order valence-corrected chi connectivity index (χ4v) is 1.73. The van der Waals surface area contributed by atoms with Crippen molar-refractivity contribution in [3.8, 4) is 0 Å². The maximum Gasteiger partial charge on any atom is 0.309 e. The van der Waals surface area contributed by atoms with E-state index in [4.69, 9.17) is 5.11 Å². The molecule has 1 heterocycles. The molecule has 0 spiro atoms. The van der Waals surface area contributed by atoms with Crippen LogP contribution < -0.4 is 0 Å². The molecule has 0 aromatic carbocycles. The molecule has 1 aromatic heterocycles. The first-order chi connectivity index (χ1) is 7.84. The van der Waals surface area contributed by atoms with E-state index in [9.17, 15) is 4.79 Å². The highest BCUT2D eigenvalue weighted by Gasteiger charge is 2.25. The molecule has 0 aliphatic heterocycles. The molecule has 4 nitrogen and oxygen atoms in total. The van der Waals surface area contributed by atoms with Crippen molar-refractivity contribution < 1.29 is 9.90 Å². The average molecular weight is 238 g/mol. The maximum absolute atomic E-state index is 10.9. The fourth-order valence-electron chi connectivity index (χ4n) is 1.73. The molecule has 96 valence electrons. The van der Waals surface area contributed by atoms with E-state index < -0.39 is 11.4 Å². The van der Waals surface area contributed by atoms with Gasteiger partial charge in [0.2, 0.25) is 0 Å². The molecular weight excluding hydrogens is 216 g/mol. The first-order valence-electron chi connectivity index (χ1n) is 6.06. The summed E-state index contributed by atoms with van der Waals surface area (Å²) in [5.41, 5.74) is 1.65. The van der Waals surface area contributed by atoms with Crippen molar-refractivity contribution in [2.75, 3.05) is 0 Å². The quantitative estimate of drug-likeness (QED) is 0.775. The lowest BCUT2D eigenvalue weighted by Gasteiger charge is -2.18. The Morgan fingerprint density at radius 2 is 2.06 bits per heavy atom. The molecule has 0 aliphatic carbocycles. The van der Waals surface area contributed by atoms with E-state index in [1.54, 1.807) is 13.8 Å². The van der Waals surface area contributed by atoms with Gasteiger partial charge in [-0.2, -0.15) is 0 Å². The van der Waals surface area contributed by atoms with Gasteiger partial charge in [-0.3, -0.25) is 4.79 Å². The minimum atomic E-state index is -0.716. The second-order valence-electron chi connectivity index (χ2n) is 5.25. The summed E-state index contributed by atoms with van der Waals surface area (Å²) < 4.78 is 2.13. The molecule has 0 radical (unpaired) electrons. The van der Waals surface area contributed by atoms with Gasteiger partial charge >= 0.3 is 5.97 Å². The molecule has 1 N–H and O–H groups in total. The first-order valence-corrected chi connectivity index (χ1v) is 6.06. The normalized spacial score (nSPS) is 11.8. The van der Waals surface area contributed by atoms with Crippen molar-refractivity contribution in [1.29, 1.82) is 0 Å². The van der Waals surface area contributed by atoms with Gasteiger partial charge in [0.25, 0.3) is 0 Å². The van der Waals surface area contributed by atoms with Crippen molar-refractivity contribution in [2.45, 2.75) is 53.5 Å². The highest BCUT2D eigenvalue weighted by Crippen LogP contribution is 2.23. The van der Waals surface area contributed by atoms with Crippen molar-refractivity contribution in [2.24, 2.45) is 5.41 Å². The number of aryl methyl sites for hydroxylation is 2. The number of carbonyl (C=O) groups is 1. The molecule has 4 heteroatoms. The van der Waals surface area contributed by atoms with E-state index in [2.05, 4.69) is 16.5 Å². The van der Waals surface area contributed by atoms with Gasteiger partial charge in [0.15, 0.2) is 0 Å². The highest BCUT2D eigenvalue weighted by atomic mass is 16.4. The van der Waals surface area contributed by atoms with Crippen LogP contribution in [0.3, 0.4) is 0 Å². The monoisotopic (exact) mass is 238 g/mol. The average Bonchev–Trinajstić information content (AvgIpc) is 2.55. The van der Waals surface area contributed by atoms with Crippen LogP contribution in [-0.4, -0.2) is 20.6 Å². The van der Waals surface area contributed by atoms with Crippen LogP contribution in [0.4, 0.5) is 0 Å². The number of nitrogens with zero attached hydrogens (tertiary/aromatic N) is 2.